The molecule has 5 aromatic carbocycles. The third kappa shape index (κ3) is 4.51. The Hall–Kier alpha value is -5.52. The van der Waals surface area contributed by atoms with E-state index in [1.165, 1.54) is 0 Å². The van der Waals surface area contributed by atoms with Gasteiger partial charge in [0.05, 0.1) is 6.54 Å². The van der Waals surface area contributed by atoms with Gasteiger partial charge in [-0.15, -0.1) is 15.0 Å². The number of tetrazole rings is 1. The molecule has 0 atom stereocenters. The normalized spacial score (nSPS) is 11.1. The van der Waals surface area contributed by atoms with Crippen molar-refractivity contribution in [2.75, 3.05) is 0 Å². The summed E-state index contributed by atoms with van der Waals surface area (Å²) >= 11 is 0. The summed E-state index contributed by atoms with van der Waals surface area (Å²) in [7, 11) is 0. The molecule has 7 heteroatoms. The molecule has 0 unspecified atom stereocenters. The topological polar surface area (TPSA) is 92.4 Å². The van der Waals surface area contributed by atoms with Crippen LogP contribution in [0.25, 0.3) is 33.0 Å². The number of nitrogens with zero attached hydrogens (tertiary/aromatic N) is 7. The number of benzene rings is 5. The number of aromatic nitrogens is 4. The van der Waals surface area contributed by atoms with Gasteiger partial charge in [0.25, 0.3) is 0 Å². The fourth-order valence-corrected chi connectivity index (χ4v) is 5.18. The summed E-state index contributed by atoms with van der Waals surface area (Å²) in [6.45, 7) is 0.314. The van der Waals surface area contributed by atoms with Gasteiger partial charge in [-0.05, 0) is 44.1 Å². The molecule has 192 valence electrons. The molecular weight excluding hydrogens is 494 g/mol. The van der Waals surface area contributed by atoms with Crippen LogP contribution in [-0.2, 0) is 12.1 Å². The summed E-state index contributed by atoms with van der Waals surface area (Å²) in [5.74, 6) is 0.529. The molecule has 0 N–H and O–H groups in total. The lowest BCUT2D eigenvalue weighted by Gasteiger charge is -2.34. The molecule has 0 aliphatic rings. The first-order valence-electron chi connectivity index (χ1n) is 13.0. The van der Waals surface area contributed by atoms with Crippen molar-refractivity contribution in [2.45, 2.75) is 12.1 Å². The van der Waals surface area contributed by atoms with Crippen LogP contribution in [0.5, 0.6) is 0 Å². The molecule has 6 aromatic rings. The molecule has 40 heavy (non-hydrogen) atoms. The van der Waals surface area contributed by atoms with Gasteiger partial charge in [-0.2, -0.15) is 0 Å². The molecule has 0 amide bonds. The highest BCUT2D eigenvalue weighted by atomic mass is 15.6. The lowest BCUT2D eigenvalue weighted by molar-refractivity contribution is 0.396. The monoisotopic (exact) mass is 519 g/mol. The molecule has 0 saturated heterocycles. The molecule has 0 radical (unpaired) electrons. The Bertz CT molecular complexity index is 1660. The predicted molar refractivity (Wildman–Crippen MR) is 156 cm³/mol. The van der Waals surface area contributed by atoms with E-state index in [1.54, 1.807) is 4.80 Å². The number of rotatable bonds is 8. The largest absolute Gasteiger partial charge is 0.205 e. The van der Waals surface area contributed by atoms with Crippen molar-refractivity contribution in [1.82, 2.24) is 20.2 Å². The van der Waals surface area contributed by atoms with E-state index in [-0.39, 0.29) is 0 Å². The van der Waals surface area contributed by atoms with E-state index in [0.717, 1.165) is 38.9 Å². The van der Waals surface area contributed by atoms with Crippen LogP contribution in [-0.4, -0.2) is 20.2 Å². The second kappa shape index (κ2) is 11.1. The van der Waals surface area contributed by atoms with Crippen molar-refractivity contribution >= 4 is 0 Å². The van der Waals surface area contributed by atoms with Crippen molar-refractivity contribution in [2.24, 2.45) is 5.11 Å². The van der Waals surface area contributed by atoms with Crippen molar-refractivity contribution in [3.63, 3.8) is 0 Å². The van der Waals surface area contributed by atoms with E-state index < -0.39 is 5.54 Å². The minimum absolute atomic E-state index is 0.314. The summed E-state index contributed by atoms with van der Waals surface area (Å²) in [5, 5.41) is 18.0. The number of hydrogen-bond acceptors (Lipinski definition) is 4. The van der Waals surface area contributed by atoms with Crippen LogP contribution in [0.4, 0.5) is 0 Å². The van der Waals surface area contributed by atoms with E-state index in [2.05, 4.69) is 62.8 Å². The summed E-state index contributed by atoms with van der Waals surface area (Å²) in [6.07, 6.45) is 0. The minimum atomic E-state index is -0.840. The Labute approximate surface area is 232 Å². The Balaban J connectivity index is 1.52. The van der Waals surface area contributed by atoms with E-state index in [0.29, 0.717) is 12.4 Å². The first-order chi connectivity index (χ1) is 19.8. The molecule has 0 spiro atoms. The first kappa shape index (κ1) is 24.8. The molecule has 0 aliphatic heterocycles. The lowest BCUT2D eigenvalue weighted by Crippen LogP contribution is -2.39. The zero-order valence-electron chi connectivity index (χ0n) is 21.6. The molecule has 0 aliphatic carbocycles. The van der Waals surface area contributed by atoms with Crippen LogP contribution < -0.4 is 0 Å². The SMILES string of the molecule is [N-]=[N+]=NCc1ccc(-c2ccccc2-c2nnn(C(c3ccccc3)(c3ccccc3)c3ccccc3)n2)cc1. The fraction of sp³-hybridized carbons (Fsp3) is 0.0606. The van der Waals surface area contributed by atoms with E-state index in [1.807, 2.05) is 97.1 Å². The highest BCUT2D eigenvalue weighted by Gasteiger charge is 2.41. The molecule has 1 aromatic heterocycles. The number of hydrogen-bond donors (Lipinski definition) is 0. The van der Waals surface area contributed by atoms with Crippen molar-refractivity contribution in [1.29, 1.82) is 0 Å². The summed E-state index contributed by atoms with van der Waals surface area (Å²) < 4.78 is 0. The van der Waals surface area contributed by atoms with Gasteiger partial charge in [0.2, 0.25) is 5.82 Å². The van der Waals surface area contributed by atoms with Crippen molar-refractivity contribution < 1.29 is 0 Å². The van der Waals surface area contributed by atoms with Gasteiger partial charge >= 0.3 is 0 Å². The third-order valence-corrected chi connectivity index (χ3v) is 7.04. The first-order valence-corrected chi connectivity index (χ1v) is 13.0. The van der Waals surface area contributed by atoms with Crippen LogP contribution in [0, 0.1) is 0 Å². The average Bonchev–Trinajstić information content (AvgIpc) is 3.53. The van der Waals surface area contributed by atoms with Crippen molar-refractivity contribution in [3.8, 4) is 22.5 Å². The molecule has 0 saturated carbocycles. The smallest absolute Gasteiger partial charge is 0.144 e. The lowest BCUT2D eigenvalue weighted by atomic mass is 9.77. The maximum absolute atomic E-state index is 8.64. The Morgan fingerprint density at radius 2 is 1.12 bits per heavy atom. The molecule has 1 heterocycles. The molecule has 7 nitrogen and oxygen atoms in total. The predicted octanol–water partition coefficient (Wildman–Crippen LogP) is 7.66. The van der Waals surface area contributed by atoms with Crippen LogP contribution in [0.15, 0.2) is 145 Å². The summed E-state index contributed by atoms with van der Waals surface area (Å²) in [6, 6.07) is 46.9. The van der Waals surface area contributed by atoms with Crippen LogP contribution in [0.2, 0.25) is 0 Å². The maximum Gasteiger partial charge on any atom is 0.205 e. The molecule has 0 fully saturated rings. The number of azide groups is 1. The summed E-state index contributed by atoms with van der Waals surface area (Å²) in [4.78, 5) is 4.59. The van der Waals surface area contributed by atoms with E-state index in [4.69, 9.17) is 10.6 Å². The van der Waals surface area contributed by atoms with Gasteiger partial charge in [0.15, 0.2) is 5.54 Å². The highest BCUT2D eigenvalue weighted by Crippen LogP contribution is 2.40. The van der Waals surface area contributed by atoms with Gasteiger partial charge in [0.1, 0.15) is 0 Å². The minimum Gasteiger partial charge on any atom is -0.144 e. The highest BCUT2D eigenvalue weighted by molar-refractivity contribution is 5.80. The zero-order valence-corrected chi connectivity index (χ0v) is 21.6. The maximum atomic E-state index is 8.64. The van der Waals surface area contributed by atoms with Gasteiger partial charge in [-0.1, -0.05) is 145 Å². The summed E-state index contributed by atoms with van der Waals surface area (Å²) in [5.41, 5.74) is 14.7. The molecule has 0 bridgehead atoms. The van der Waals surface area contributed by atoms with Crippen LogP contribution >= 0.6 is 0 Å². The van der Waals surface area contributed by atoms with Crippen LogP contribution in [0.3, 0.4) is 0 Å². The Kier molecular flexibility index (Phi) is 6.86. The fourth-order valence-electron chi connectivity index (χ4n) is 5.18. The van der Waals surface area contributed by atoms with Gasteiger partial charge < -0.3 is 0 Å². The second-order valence-corrected chi connectivity index (χ2v) is 9.34. The van der Waals surface area contributed by atoms with Gasteiger partial charge in [-0.25, -0.2) is 0 Å². The Morgan fingerprint density at radius 1 is 0.625 bits per heavy atom. The molecule has 6 rings (SSSR count). The zero-order chi connectivity index (χ0) is 27.2. The van der Waals surface area contributed by atoms with Gasteiger partial charge in [0, 0.05) is 10.5 Å². The average molecular weight is 520 g/mol. The third-order valence-electron chi connectivity index (χ3n) is 7.04. The standard InChI is InChI=1S/C33H25N7/c34-38-35-24-25-20-22-26(23-21-25)30-18-10-11-19-31(30)32-36-39-40(37-32)33(27-12-4-1-5-13-27,28-14-6-2-7-15-28)29-16-8-3-9-17-29/h1-23H,24H2. The second-order valence-electron chi connectivity index (χ2n) is 9.34. The van der Waals surface area contributed by atoms with Gasteiger partial charge in [-0.3, -0.25) is 0 Å². The Morgan fingerprint density at radius 3 is 1.65 bits per heavy atom. The quantitative estimate of drug-likeness (QED) is 0.0894. The molecular formula is C33H25N7. The van der Waals surface area contributed by atoms with E-state index >= 15 is 0 Å². The van der Waals surface area contributed by atoms with E-state index in [9.17, 15) is 0 Å². The van der Waals surface area contributed by atoms with Crippen molar-refractivity contribution in [3.05, 3.63) is 172 Å². The van der Waals surface area contributed by atoms with Crippen LogP contribution in [0.1, 0.15) is 22.3 Å².